The van der Waals surface area contributed by atoms with Crippen molar-refractivity contribution in [3.8, 4) is 11.1 Å². The minimum Gasteiger partial charge on any atom is -0.161 e. The van der Waals surface area contributed by atoms with Crippen molar-refractivity contribution in [1.82, 2.24) is 0 Å². The van der Waals surface area contributed by atoms with E-state index in [1.807, 2.05) is 6.07 Å². The van der Waals surface area contributed by atoms with E-state index < -0.39 is 7.38 Å². The molecular formula is C17H21ClSi. The number of hydrogen-bond acceptors (Lipinski definition) is 0. The Morgan fingerprint density at radius 2 is 1.47 bits per heavy atom. The number of halogens is 1. The molecule has 0 saturated heterocycles. The Kier molecular flexibility index (Phi) is 4.84. The molecule has 0 aliphatic rings. The van der Waals surface area contributed by atoms with Gasteiger partial charge in [-0.3, -0.25) is 0 Å². The highest BCUT2D eigenvalue weighted by Crippen LogP contribution is 2.22. The van der Waals surface area contributed by atoms with E-state index in [0.717, 1.165) is 6.04 Å². The first kappa shape index (κ1) is 14.4. The standard InChI is InChI=1S/C17H21ClSi/c1-3-4-14-19(2,18)17-12-10-16(11-13-17)15-8-6-5-7-9-15/h5-13H,3-4,14H2,1-2H3. The maximum absolute atomic E-state index is 6.78. The Morgan fingerprint density at radius 1 is 0.895 bits per heavy atom. The molecule has 0 N–H and O–H groups in total. The van der Waals surface area contributed by atoms with Crippen LogP contribution in [0.2, 0.25) is 12.6 Å². The Morgan fingerprint density at radius 3 is 2.05 bits per heavy atom. The molecule has 0 spiro atoms. The summed E-state index contributed by atoms with van der Waals surface area (Å²) in [5, 5.41) is 1.35. The number of rotatable bonds is 5. The van der Waals surface area contributed by atoms with Crippen molar-refractivity contribution in [2.24, 2.45) is 0 Å². The molecule has 0 aliphatic heterocycles. The van der Waals surface area contributed by atoms with E-state index in [1.54, 1.807) is 0 Å². The smallest absolute Gasteiger partial charge is 0.161 e. The highest BCUT2D eigenvalue weighted by Gasteiger charge is 2.25. The molecule has 0 amide bonds. The predicted octanol–water partition coefficient (Wildman–Crippen LogP) is 5.17. The lowest BCUT2D eigenvalue weighted by atomic mass is 10.1. The van der Waals surface area contributed by atoms with E-state index in [2.05, 4.69) is 62.0 Å². The fraction of sp³-hybridized carbons (Fsp3) is 0.294. The van der Waals surface area contributed by atoms with Gasteiger partial charge in [0.05, 0.1) is 0 Å². The van der Waals surface area contributed by atoms with E-state index >= 15 is 0 Å². The van der Waals surface area contributed by atoms with Crippen LogP contribution in [0.15, 0.2) is 54.6 Å². The largest absolute Gasteiger partial charge is 0.183 e. The average molecular weight is 289 g/mol. The molecular weight excluding hydrogens is 268 g/mol. The van der Waals surface area contributed by atoms with Crippen LogP contribution in [0.5, 0.6) is 0 Å². The van der Waals surface area contributed by atoms with Gasteiger partial charge in [-0.2, -0.15) is 11.1 Å². The lowest BCUT2D eigenvalue weighted by Gasteiger charge is -2.20. The molecule has 2 rings (SSSR count). The quantitative estimate of drug-likeness (QED) is 0.526. The third kappa shape index (κ3) is 3.71. The van der Waals surface area contributed by atoms with Crippen molar-refractivity contribution in [2.75, 3.05) is 0 Å². The van der Waals surface area contributed by atoms with Crippen molar-refractivity contribution >= 4 is 23.6 Å². The summed E-state index contributed by atoms with van der Waals surface area (Å²) in [7, 11) is -1.75. The van der Waals surface area contributed by atoms with Gasteiger partial charge in [0.1, 0.15) is 0 Å². The molecule has 0 bridgehead atoms. The van der Waals surface area contributed by atoms with Gasteiger partial charge in [0.15, 0.2) is 7.38 Å². The third-order valence-corrected chi connectivity index (χ3v) is 7.65. The van der Waals surface area contributed by atoms with Gasteiger partial charge >= 0.3 is 0 Å². The van der Waals surface area contributed by atoms with E-state index in [0.29, 0.717) is 0 Å². The Bertz CT molecular complexity index is 503. The topological polar surface area (TPSA) is 0 Å². The van der Waals surface area contributed by atoms with Crippen molar-refractivity contribution in [3.63, 3.8) is 0 Å². The molecule has 19 heavy (non-hydrogen) atoms. The van der Waals surface area contributed by atoms with Crippen LogP contribution in [-0.4, -0.2) is 7.38 Å². The van der Waals surface area contributed by atoms with E-state index in [1.165, 1.54) is 29.2 Å². The van der Waals surface area contributed by atoms with Crippen LogP contribution >= 0.6 is 11.1 Å². The van der Waals surface area contributed by atoms with Gasteiger partial charge in [0, 0.05) is 0 Å². The first-order valence-electron chi connectivity index (χ1n) is 6.98. The molecule has 0 nitrogen and oxygen atoms in total. The SMILES string of the molecule is CCCC[Si](C)(Cl)c1ccc(-c2ccccc2)cc1. The van der Waals surface area contributed by atoms with E-state index in [4.69, 9.17) is 11.1 Å². The van der Waals surface area contributed by atoms with Crippen molar-refractivity contribution in [3.05, 3.63) is 54.6 Å². The van der Waals surface area contributed by atoms with E-state index in [9.17, 15) is 0 Å². The number of hydrogen-bond donors (Lipinski definition) is 0. The summed E-state index contributed by atoms with van der Waals surface area (Å²) < 4.78 is 0. The number of unbranched alkanes of at least 4 members (excludes halogenated alkanes) is 1. The van der Waals surface area contributed by atoms with Gasteiger partial charge in [-0.1, -0.05) is 80.9 Å². The van der Waals surface area contributed by atoms with Gasteiger partial charge in [-0.05, 0) is 22.4 Å². The Hall–Kier alpha value is -1.05. The summed E-state index contributed by atoms with van der Waals surface area (Å²) in [6.07, 6.45) is 2.45. The molecule has 0 aromatic heterocycles. The second kappa shape index (κ2) is 6.40. The van der Waals surface area contributed by atoms with Crippen LogP contribution in [0.3, 0.4) is 0 Å². The molecule has 0 radical (unpaired) electrons. The summed E-state index contributed by atoms with van der Waals surface area (Å²) in [6, 6.07) is 20.5. The van der Waals surface area contributed by atoms with Crippen LogP contribution in [-0.2, 0) is 0 Å². The third-order valence-electron chi connectivity index (χ3n) is 3.59. The van der Waals surface area contributed by atoms with Crippen LogP contribution in [0.4, 0.5) is 0 Å². The van der Waals surface area contributed by atoms with Crippen LogP contribution in [0, 0.1) is 0 Å². The maximum atomic E-state index is 6.78. The summed E-state index contributed by atoms with van der Waals surface area (Å²) in [4.78, 5) is 0. The molecule has 1 atom stereocenters. The molecule has 2 aromatic carbocycles. The van der Waals surface area contributed by atoms with Crippen LogP contribution in [0.1, 0.15) is 19.8 Å². The second-order valence-corrected chi connectivity index (χ2v) is 11.2. The van der Waals surface area contributed by atoms with E-state index in [-0.39, 0.29) is 0 Å². The maximum Gasteiger partial charge on any atom is 0.183 e. The average Bonchev–Trinajstić information content (AvgIpc) is 2.46. The molecule has 100 valence electrons. The molecule has 1 unspecified atom stereocenters. The van der Waals surface area contributed by atoms with Gasteiger partial charge in [0.2, 0.25) is 0 Å². The minimum atomic E-state index is -1.75. The van der Waals surface area contributed by atoms with Gasteiger partial charge < -0.3 is 0 Å². The van der Waals surface area contributed by atoms with Crippen LogP contribution < -0.4 is 5.19 Å². The lowest BCUT2D eigenvalue weighted by Crippen LogP contribution is -2.38. The fourth-order valence-corrected chi connectivity index (χ4v) is 5.24. The fourth-order valence-electron chi connectivity index (χ4n) is 2.29. The molecule has 0 heterocycles. The zero-order valence-corrected chi connectivity index (χ0v) is 13.5. The number of benzene rings is 2. The Balaban J connectivity index is 2.19. The first-order valence-corrected chi connectivity index (χ1v) is 10.7. The molecule has 2 aromatic rings. The summed E-state index contributed by atoms with van der Waals surface area (Å²) in [5.74, 6) is 0. The summed E-state index contributed by atoms with van der Waals surface area (Å²) in [5.41, 5.74) is 2.53. The molecule has 0 saturated carbocycles. The molecule has 2 heteroatoms. The Labute approximate surface area is 122 Å². The minimum absolute atomic E-state index is 1.16. The zero-order chi connectivity index (χ0) is 13.7. The van der Waals surface area contributed by atoms with Gasteiger partial charge in [-0.15, -0.1) is 0 Å². The predicted molar refractivity (Wildman–Crippen MR) is 88.7 cm³/mol. The normalized spacial score (nSPS) is 14.1. The summed E-state index contributed by atoms with van der Waals surface area (Å²) >= 11 is 6.78. The van der Waals surface area contributed by atoms with Crippen LogP contribution in [0.25, 0.3) is 11.1 Å². The first-order chi connectivity index (χ1) is 9.13. The highest BCUT2D eigenvalue weighted by molar-refractivity contribution is 7.26. The van der Waals surface area contributed by atoms with Crippen molar-refractivity contribution in [1.29, 1.82) is 0 Å². The van der Waals surface area contributed by atoms with Gasteiger partial charge in [-0.25, -0.2) is 0 Å². The molecule has 0 fully saturated rings. The van der Waals surface area contributed by atoms with Crippen molar-refractivity contribution in [2.45, 2.75) is 32.4 Å². The summed E-state index contributed by atoms with van der Waals surface area (Å²) in [6.45, 7) is 4.47. The zero-order valence-electron chi connectivity index (χ0n) is 11.7. The van der Waals surface area contributed by atoms with Gasteiger partial charge in [0.25, 0.3) is 0 Å². The monoisotopic (exact) mass is 288 g/mol. The lowest BCUT2D eigenvalue weighted by molar-refractivity contribution is 0.874. The molecule has 0 aliphatic carbocycles. The van der Waals surface area contributed by atoms with Crippen molar-refractivity contribution < 1.29 is 0 Å². The highest BCUT2D eigenvalue weighted by atomic mass is 35.6. The second-order valence-electron chi connectivity index (χ2n) is 5.24.